The number of esters is 2. The highest BCUT2D eigenvalue weighted by Gasteiger charge is 2.27. The Labute approximate surface area is 343 Å². The number of hydrogen-bond donors (Lipinski definition) is 1. The number of likely N-dealkylation sites (N-methyl/N-ethyl adjacent to an activating group) is 1. The van der Waals surface area contributed by atoms with Crippen LogP contribution in [0.5, 0.6) is 0 Å². The van der Waals surface area contributed by atoms with Crippen LogP contribution in [0.2, 0.25) is 0 Å². The molecule has 0 saturated carbocycles. The van der Waals surface area contributed by atoms with Crippen molar-refractivity contribution < 1.29 is 42.1 Å². The fourth-order valence-corrected chi connectivity index (χ4v) is 6.54. The highest BCUT2D eigenvalue weighted by Crippen LogP contribution is 2.43. The normalized spacial score (nSPS) is 14.0. The average molecular weight is 811 g/mol. The Hall–Kier alpha value is -2.03. The van der Waals surface area contributed by atoms with Gasteiger partial charge in [0.15, 0.2) is 6.10 Å². The van der Waals surface area contributed by atoms with Gasteiger partial charge in [-0.1, -0.05) is 146 Å². The van der Waals surface area contributed by atoms with Gasteiger partial charge in [0.2, 0.25) is 0 Å². The summed E-state index contributed by atoms with van der Waals surface area (Å²) >= 11 is 0. The van der Waals surface area contributed by atoms with Gasteiger partial charge < -0.3 is 18.9 Å². The third-order valence-electron chi connectivity index (χ3n) is 9.36. The Morgan fingerprint density at radius 2 is 1.02 bits per heavy atom. The Morgan fingerprint density at radius 1 is 0.571 bits per heavy atom. The maximum Gasteiger partial charge on any atom is 0.472 e. The predicted octanol–water partition coefficient (Wildman–Crippen LogP) is 12.7. The van der Waals surface area contributed by atoms with Crippen molar-refractivity contribution in [2.24, 2.45) is 0 Å². The van der Waals surface area contributed by atoms with Crippen LogP contribution in [0.4, 0.5) is 0 Å². The SMILES string of the molecule is CCCCC/C=C/C/C=C/CCCCCCCCCC(=O)O[C@H](COC(=O)CCCCCCC/C=C/C=C/CCCCCC)COP(=O)(O)OCC[N+](C)(C)C. The lowest BCUT2D eigenvalue weighted by atomic mass is 10.1. The second-order valence-corrected chi connectivity index (χ2v) is 17.6. The number of quaternary nitrogens is 1. The number of nitrogens with zero attached hydrogens (tertiary/aromatic N) is 1. The summed E-state index contributed by atoms with van der Waals surface area (Å²) in [7, 11) is 1.46. The van der Waals surface area contributed by atoms with Crippen LogP contribution >= 0.6 is 7.82 Å². The number of carbonyl (C=O) groups is 2. The molecule has 1 N–H and O–H groups in total. The molecule has 0 aromatic rings. The van der Waals surface area contributed by atoms with E-state index in [-0.39, 0.29) is 32.0 Å². The predicted molar refractivity (Wildman–Crippen MR) is 233 cm³/mol. The molecule has 1 unspecified atom stereocenters. The number of phosphoric ester groups is 1. The molecule has 9 nitrogen and oxygen atoms in total. The van der Waals surface area contributed by atoms with Gasteiger partial charge in [0.25, 0.3) is 0 Å². The average Bonchev–Trinajstić information content (AvgIpc) is 3.15. The zero-order valence-corrected chi connectivity index (χ0v) is 37.5. The van der Waals surface area contributed by atoms with E-state index in [1.807, 2.05) is 21.1 Å². The second kappa shape index (κ2) is 38.5. The van der Waals surface area contributed by atoms with Crippen molar-refractivity contribution in [3.05, 3.63) is 48.6 Å². The summed E-state index contributed by atoms with van der Waals surface area (Å²) in [6.07, 6.45) is 44.3. The van der Waals surface area contributed by atoms with Gasteiger partial charge in [0.1, 0.15) is 19.8 Å². The smallest absolute Gasteiger partial charge is 0.462 e. The van der Waals surface area contributed by atoms with E-state index >= 15 is 0 Å². The lowest BCUT2D eigenvalue weighted by Gasteiger charge is -2.24. The van der Waals surface area contributed by atoms with Crippen LogP contribution in [0.15, 0.2) is 48.6 Å². The van der Waals surface area contributed by atoms with Gasteiger partial charge >= 0.3 is 19.8 Å². The zero-order valence-electron chi connectivity index (χ0n) is 36.6. The van der Waals surface area contributed by atoms with Crippen molar-refractivity contribution in [2.45, 2.75) is 187 Å². The lowest BCUT2D eigenvalue weighted by molar-refractivity contribution is -0.870. The highest BCUT2D eigenvalue weighted by molar-refractivity contribution is 7.47. The standard InChI is InChI=1S/C46H84NO8P/c1-6-8-10-12-14-16-18-20-22-23-25-27-29-31-33-35-37-39-46(49)55-44(43-54-56(50,51)53-41-40-47(3,4)5)42-52-45(48)38-36-34-32-30-28-26-24-21-19-17-15-13-11-9-7-2/h14,16-17,19-22,24,44H,6-13,15,18,23,25-43H2,1-5H3/p+1/b16-14+,19-17+,22-20+,24-21+/t44-/m1/s1. The van der Waals surface area contributed by atoms with E-state index in [2.05, 4.69) is 62.5 Å². The van der Waals surface area contributed by atoms with E-state index in [1.165, 1.54) is 70.6 Å². The Kier molecular flexibility index (Phi) is 37.1. The van der Waals surface area contributed by atoms with E-state index in [4.69, 9.17) is 18.5 Å². The molecule has 0 aliphatic heterocycles. The third-order valence-corrected chi connectivity index (χ3v) is 10.3. The van der Waals surface area contributed by atoms with Gasteiger partial charge in [-0.2, -0.15) is 0 Å². The van der Waals surface area contributed by atoms with Crippen molar-refractivity contribution in [3.63, 3.8) is 0 Å². The summed E-state index contributed by atoms with van der Waals surface area (Å²) in [5.41, 5.74) is 0. The van der Waals surface area contributed by atoms with Crippen molar-refractivity contribution in [2.75, 3.05) is 47.5 Å². The number of carbonyl (C=O) groups excluding carboxylic acids is 2. The molecular formula is C46H85NO8P+. The molecule has 326 valence electrons. The maximum atomic E-state index is 12.7. The first-order chi connectivity index (χ1) is 27.0. The molecule has 0 heterocycles. The van der Waals surface area contributed by atoms with E-state index in [9.17, 15) is 19.0 Å². The third kappa shape index (κ3) is 41.6. The number of allylic oxidation sites excluding steroid dienone is 8. The topological polar surface area (TPSA) is 108 Å². The molecule has 0 aromatic heterocycles. The molecule has 0 amide bonds. The Bertz CT molecular complexity index is 1100. The van der Waals surface area contributed by atoms with Crippen LogP contribution in [0, 0.1) is 0 Å². The Balaban J connectivity index is 4.40. The minimum absolute atomic E-state index is 0.0260. The van der Waals surface area contributed by atoms with Crippen molar-refractivity contribution in [1.82, 2.24) is 0 Å². The number of ether oxygens (including phenoxy) is 2. The molecule has 0 aliphatic rings. The van der Waals surface area contributed by atoms with E-state index in [0.717, 1.165) is 77.0 Å². The summed E-state index contributed by atoms with van der Waals surface area (Å²) in [5, 5.41) is 0. The summed E-state index contributed by atoms with van der Waals surface area (Å²) in [5.74, 6) is -0.826. The van der Waals surface area contributed by atoms with Crippen LogP contribution < -0.4 is 0 Å². The first kappa shape index (κ1) is 54.0. The fourth-order valence-electron chi connectivity index (χ4n) is 5.80. The van der Waals surface area contributed by atoms with E-state index in [0.29, 0.717) is 17.4 Å². The monoisotopic (exact) mass is 811 g/mol. The van der Waals surface area contributed by atoms with Crippen LogP contribution in [-0.4, -0.2) is 74.9 Å². The molecular weight excluding hydrogens is 725 g/mol. The van der Waals surface area contributed by atoms with Crippen LogP contribution in [0.1, 0.15) is 181 Å². The van der Waals surface area contributed by atoms with Crippen LogP contribution in [0.25, 0.3) is 0 Å². The van der Waals surface area contributed by atoms with Gasteiger partial charge in [-0.25, -0.2) is 4.57 Å². The molecule has 2 atom stereocenters. The van der Waals surface area contributed by atoms with Gasteiger partial charge in [-0.3, -0.25) is 18.6 Å². The van der Waals surface area contributed by atoms with E-state index < -0.39 is 26.5 Å². The lowest BCUT2D eigenvalue weighted by Crippen LogP contribution is -2.37. The zero-order chi connectivity index (χ0) is 41.4. The van der Waals surface area contributed by atoms with Crippen LogP contribution in [0.3, 0.4) is 0 Å². The maximum absolute atomic E-state index is 12.7. The molecule has 10 heteroatoms. The van der Waals surface area contributed by atoms with Crippen molar-refractivity contribution in [3.8, 4) is 0 Å². The van der Waals surface area contributed by atoms with Gasteiger partial charge in [-0.15, -0.1) is 0 Å². The minimum Gasteiger partial charge on any atom is -0.462 e. The largest absolute Gasteiger partial charge is 0.472 e. The number of unbranched alkanes of at least 4 members (excludes halogenated alkanes) is 19. The minimum atomic E-state index is -4.38. The van der Waals surface area contributed by atoms with Gasteiger partial charge in [-0.05, 0) is 70.6 Å². The second-order valence-electron chi connectivity index (χ2n) is 16.1. The molecule has 0 rings (SSSR count). The molecule has 0 aromatic carbocycles. The van der Waals surface area contributed by atoms with Crippen molar-refractivity contribution in [1.29, 1.82) is 0 Å². The van der Waals surface area contributed by atoms with Crippen molar-refractivity contribution >= 4 is 19.8 Å². The van der Waals surface area contributed by atoms with Gasteiger partial charge in [0.05, 0.1) is 27.7 Å². The molecule has 0 bridgehead atoms. The molecule has 56 heavy (non-hydrogen) atoms. The number of rotatable bonds is 40. The molecule has 0 spiro atoms. The molecule has 0 aliphatic carbocycles. The fraction of sp³-hybridized carbons (Fsp3) is 0.783. The summed E-state index contributed by atoms with van der Waals surface area (Å²) in [6, 6.07) is 0. The first-order valence-corrected chi connectivity index (χ1v) is 23.9. The quantitative estimate of drug-likeness (QED) is 0.0163. The van der Waals surface area contributed by atoms with Crippen LogP contribution in [-0.2, 0) is 32.7 Å². The summed E-state index contributed by atoms with van der Waals surface area (Å²) in [6.45, 7) is 4.34. The summed E-state index contributed by atoms with van der Waals surface area (Å²) in [4.78, 5) is 35.4. The van der Waals surface area contributed by atoms with E-state index in [1.54, 1.807) is 0 Å². The Morgan fingerprint density at radius 3 is 1.55 bits per heavy atom. The van der Waals surface area contributed by atoms with Gasteiger partial charge in [0, 0.05) is 12.8 Å². The molecule has 0 radical (unpaired) electrons. The first-order valence-electron chi connectivity index (χ1n) is 22.4. The number of phosphoric acid groups is 1. The summed E-state index contributed by atoms with van der Waals surface area (Å²) < 4.78 is 34.3. The molecule has 0 saturated heterocycles. The number of hydrogen-bond acceptors (Lipinski definition) is 7. The highest BCUT2D eigenvalue weighted by atomic mass is 31.2. The molecule has 0 fully saturated rings.